The monoisotopic (exact) mass is 412 g/mol. The van der Waals surface area contributed by atoms with Crippen molar-refractivity contribution in [2.45, 2.75) is 51.2 Å². The highest BCUT2D eigenvalue weighted by molar-refractivity contribution is 7.99. The van der Waals surface area contributed by atoms with Gasteiger partial charge in [-0.2, -0.15) is 0 Å². The summed E-state index contributed by atoms with van der Waals surface area (Å²) < 4.78 is 17.2. The molecule has 2 atom stereocenters. The van der Waals surface area contributed by atoms with Crippen LogP contribution in [0.5, 0.6) is 5.75 Å². The lowest BCUT2D eigenvalue weighted by atomic mass is 10.0. The summed E-state index contributed by atoms with van der Waals surface area (Å²) in [7, 11) is 0. The van der Waals surface area contributed by atoms with Crippen molar-refractivity contribution in [2.75, 3.05) is 5.94 Å². The van der Waals surface area contributed by atoms with Crippen molar-refractivity contribution >= 4 is 22.7 Å². The van der Waals surface area contributed by atoms with E-state index in [9.17, 15) is 4.79 Å². The third-order valence-electron chi connectivity index (χ3n) is 5.09. The highest BCUT2D eigenvalue weighted by atomic mass is 32.2. The van der Waals surface area contributed by atoms with Crippen molar-refractivity contribution in [1.29, 1.82) is 0 Å². The van der Waals surface area contributed by atoms with Gasteiger partial charge < -0.3 is 13.9 Å². The first-order valence-corrected chi connectivity index (χ1v) is 11.1. The summed E-state index contributed by atoms with van der Waals surface area (Å²) in [5.41, 5.74) is 1.18. The van der Waals surface area contributed by atoms with Gasteiger partial charge in [-0.1, -0.05) is 57.2 Å². The SMILES string of the molecule is CCC(OCSc1cccc(OCc2ccc3ccc(=O)oc3c2)c1)[C@H](C)CC. The zero-order valence-corrected chi connectivity index (χ0v) is 18.0. The molecule has 0 saturated heterocycles. The van der Waals surface area contributed by atoms with E-state index in [1.165, 1.54) is 6.07 Å². The fourth-order valence-corrected chi connectivity index (χ4v) is 3.91. The summed E-state index contributed by atoms with van der Waals surface area (Å²) >= 11 is 1.68. The van der Waals surface area contributed by atoms with Crippen LogP contribution in [0.25, 0.3) is 11.0 Å². The Morgan fingerprint density at radius 3 is 2.66 bits per heavy atom. The average Bonchev–Trinajstić information content (AvgIpc) is 2.74. The molecule has 0 aliphatic rings. The Bertz CT molecular complexity index is 982. The molecule has 1 unspecified atom stereocenters. The fraction of sp³-hybridized carbons (Fsp3) is 0.375. The Morgan fingerprint density at radius 2 is 1.86 bits per heavy atom. The molecule has 0 radical (unpaired) electrons. The second-order valence-electron chi connectivity index (χ2n) is 7.15. The average molecular weight is 413 g/mol. The van der Waals surface area contributed by atoms with Gasteiger partial charge in [0.1, 0.15) is 17.9 Å². The van der Waals surface area contributed by atoms with Crippen LogP contribution in [0.1, 0.15) is 39.2 Å². The molecule has 0 amide bonds. The Hall–Kier alpha value is -2.24. The van der Waals surface area contributed by atoms with Gasteiger partial charge in [-0.25, -0.2) is 4.79 Å². The van der Waals surface area contributed by atoms with Crippen LogP contribution in [-0.4, -0.2) is 12.0 Å². The highest BCUT2D eigenvalue weighted by Crippen LogP contribution is 2.26. The van der Waals surface area contributed by atoms with E-state index < -0.39 is 0 Å². The van der Waals surface area contributed by atoms with Gasteiger partial charge >= 0.3 is 5.63 Å². The van der Waals surface area contributed by atoms with E-state index >= 15 is 0 Å². The molecule has 4 nitrogen and oxygen atoms in total. The molecule has 0 bridgehead atoms. The van der Waals surface area contributed by atoms with Gasteiger partial charge in [0.25, 0.3) is 0 Å². The minimum atomic E-state index is -0.346. The Morgan fingerprint density at radius 1 is 1.03 bits per heavy atom. The quantitative estimate of drug-likeness (QED) is 0.223. The molecule has 0 N–H and O–H groups in total. The first-order chi connectivity index (χ1) is 14.1. The molecule has 5 heteroatoms. The van der Waals surface area contributed by atoms with Crippen molar-refractivity contribution in [3.63, 3.8) is 0 Å². The van der Waals surface area contributed by atoms with Crippen LogP contribution in [0.3, 0.4) is 0 Å². The van der Waals surface area contributed by atoms with E-state index in [1.54, 1.807) is 17.8 Å². The van der Waals surface area contributed by atoms with Gasteiger partial charge in [-0.05, 0) is 48.2 Å². The molecule has 3 aromatic rings. The second-order valence-corrected chi connectivity index (χ2v) is 8.15. The van der Waals surface area contributed by atoms with Crippen LogP contribution < -0.4 is 10.4 Å². The lowest BCUT2D eigenvalue weighted by Gasteiger charge is -2.21. The van der Waals surface area contributed by atoms with E-state index in [4.69, 9.17) is 13.9 Å². The molecule has 0 saturated carbocycles. The van der Waals surface area contributed by atoms with Crippen LogP contribution >= 0.6 is 11.8 Å². The predicted molar refractivity (Wildman–Crippen MR) is 119 cm³/mol. The van der Waals surface area contributed by atoms with Gasteiger partial charge in [-0.15, -0.1) is 0 Å². The molecular formula is C24H28O4S. The number of ether oxygens (including phenoxy) is 2. The van der Waals surface area contributed by atoms with Crippen molar-refractivity contribution in [2.24, 2.45) is 5.92 Å². The molecule has 3 rings (SSSR count). The van der Waals surface area contributed by atoms with Crippen molar-refractivity contribution < 1.29 is 13.9 Å². The molecule has 2 aromatic carbocycles. The number of rotatable bonds is 10. The van der Waals surface area contributed by atoms with E-state index in [0.717, 1.165) is 34.4 Å². The van der Waals surface area contributed by atoms with Gasteiger partial charge in [0, 0.05) is 16.3 Å². The maximum atomic E-state index is 11.4. The molecule has 1 aromatic heterocycles. The molecular weight excluding hydrogens is 384 g/mol. The maximum absolute atomic E-state index is 11.4. The Balaban J connectivity index is 1.56. The smallest absolute Gasteiger partial charge is 0.336 e. The molecule has 0 aliphatic carbocycles. The minimum absolute atomic E-state index is 0.305. The predicted octanol–water partition coefficient (Wildman–Crippen LogP) is 6.26. The topological polar surface area (TPSA) is 48.7 Å². The highest BCUT2D eigenvalue weighted by Gasteiger charge is 2.14. The second kappa shape index (κ2) is 10.5. The van der Waals surface area contributed by atoms with E-state index in [0.29, 0.717) is 30.2 Å². The molecule has 0 aliphatic heterocycles. The lowest BCUT2D eigenvalue weighted by molar-refractivity contribution is 0.0440. The molecule has 0 fully saturated rings. The number of hydrogen-bond donors (Lipinski definition) is 0. The van der Waals surface area contributed by atoms with Gasteiger partial charge in [0.15, 0.2) is 0 Å². The maximum Gasteiger partial charge on any atom is 0.336 e. The molecule has 29 heavy (non-hydrogen) atoms. The summed E-state index contributed by atoms with van der Waals surface area (Å²) in [6.07, 6.45) is 2.47. The molecule has 1 heterocycles. The van der Waals surface area contributed by atoms with E-state index in [-0.39, 0.29) is 5.63 Å². The van der Waals surface area contributed by atoms with Crippen molar-refractivity contribution in [3.8, 4) is 5.75 Å². The number of hydrogen-bond acceptors (Lipinski definition) is 5. The van der Waals surface area contributed by atoms with Gasteiger partial charge in [0.2, 0.25) is 0 Å². The van der Waals surface area contributed by atoms with Crippen LogP contribution in [0.15, 0.2) is 68.7 Å². The minimum Gasteiger partial charge on any atom is -0.489 e. The van der Waals surface area contributed by atoms with Crippen LogP contribution in [0.2, 0.25) is 0 Å². The summed E-state index contributed by atoms with van der Waals surface area (Å²) in [5.74, 6) is 2.01. The number of benzene rings is 2. The molecule has 0 spiro atoms. The summed E-state index contributed by atoms with van der Waals surface area (Å²) in [6.45, 7) is 7.03. The Labute approximate surface area is 176 Å². The largest absolute Gasteiger partial charge is 0.489 e. The van der Waals surface area contributed by atoms with Gasteiger partial charge in [-0.3, -0.25) is 0 Å². The van der Waals surface area contributed by atoms with Crippen LogP contribution in [-0.2, 0) is 11.3 Å². The summed E-state index contributed by atoms with van der Waals surface area (Å²) in [5, 5.41) is 0.898. The van der Waals surface area contributed by atoms with Crippen molar-refractivity contribution in [1.82, 2.24) is 0 Å². The van der Waals surface area contributed by atoms with E-state index in [2.05, 4.69) is 26.8 Å². The summed E-state index contributed by atoms with van der Waals surface area (Å²) in [4.78, 5) is 12.5. The normalized spacial score (nSPS) is 13.3. The lowest BCUT2D eigenvalue weighted by Crippen LogP contribution is -2.20. The Kier molecular flexibility index (Phi) is 7.78. The molecule has 154 valence electrons. The van der Waals surface area contributed by atoms with Gasteiger partial charge in [0.05, 0.1) is 12.0 Å². The standard InChI is InChI=1S/C24H28O4S/c1-4-17(3)22(5-2)27-16-29-21-8-6-7-20(14-21)26-15-18-9-10-19-11-12-24(25)28-23(19)13-18/h6-14,17,22H,4-5,15-16H2,1-3H3/t17-,22?/m1/s1. The number of thioether (sulfide) groups is 1. The third kappa shape index (κ3) is 6.12. The van der Waals surface area contributed by atoms with E-state index in [1.807, 2.05) is 36.4 Å². The third-order valence-corrected chi connectivity index (χ3v) is 5.93. The zero-order valence-electron chi connectivity index (χ0n) is 17.2. The first-order valence-electron chi connectivity index (χ1n) is 10.1. The van der Waals surface area contributed by atoms with Crippen molar-refractivity contribution in [3.05, 3.63) is 70.6 Å². The zero-order chi connectivity index (χ0) is 20.6. The van der Waals surface area contributed by atoms with Crippen LogP contribution in [0, 0.1) is 5.92 Å². The first kappa shape index (κ1) is 21.5. The van der Waals surface area contributed by atoms with Crippen LogP contribution in [0.4, 0.5) is 0 Å². The summed E-state index contributed by atoms with van der Waals surface area (Å²) in [6, 6.07) is 17.0. The number of fused-ring (bicyclic) bond motifs is 1. The fourth-order valence-electron chi connectivity index (χ4n) is 3.15.